The van der Waals surface area contributed by atoms with Gasteiger partial charge >= 0.3 is 5.97 Å². The van der Waals surface area contributed by atoms with Crippen LogP contribution in [0.3, 0.4) is 0 Å². The Morgan fingerprint density at radius 3 is 2.44 bits per heavy atom. The molecule has 18 heavy (non-hydrogen) atoms. The highest BCUT2D eigenvalue weighted by Crippen LogP contribution is 2.27. The first-order chi connectivity index (χ1) is 8.49. The molecule has 5 heteroatoms. The molecule has 0 aromatic rings. The first-order valence-electron chi connectivity index (χ1n) is 6.61. The zero-order chi connectivity index (χ0) is 13.6. The normalized spacial score (nSPS) is 18.2. The van der Waals surface area contributed by atoms with Crippen LogP contribution in [0.2, 0.25) is 0 Å². The fourth-order valence-corrected chi connectivity index (χ4v) is 2.44. The summed E-state index contributed by atoms with van der Waals surface area (Å²) in [5.74, 6) is -0.233. The van der Waals surface area contributed by atoms with Crippen molar-refractivity contribution < 1.29 is 14.3 Å². The van der Waals surface area contributed by atoms with Crippen LogP contribution in [0.4, 0.5) is 0 Å². The molecule has 0 aliphatic heterocycles. The number of ether oxygens (including phenoxy) is 1. The summed E-state index contributed by atoms with van der Waals surface area (Å²) in [4.78, 5) is 24.9. The molecular weight excluding hydrogens is 232 g/mol. The van der Waals surface area contributed by atoms with Crippen molar-refractivity contribution in [1.29, 1.82) is 0 Å². The van der Waals surface area contributed by atoms with Gasteiger partial charge in [0.1, 0.15) is 0 Å². The molecule has 0 saturated heterocycles. The fraction of sp³-hybridized carbons (Fsp3) is 0.846. The standard InChI is InChI=1S/C13H24N2O3/c1-15(10-6-7-11(16)18-2)12(17)13(14)8-4-3-5-9-13/h3-10,14H2,1-2H3. The van der Waals surface area contributed by atoms with E-state index in [2.05, 4.69) is 4.74 Å². The summed E-state index contributed by atoms with van der Waals surface area (Å²) in [5.41, 5.74) is 5.50. The molecule has 0 aromatic carbocycles. The predicted octanol–water partition coefficient (Wildman–Crippen LogP) is 1.06. The van der Waals surface area contributed by atoms with E-state index >= 15 is 0 Å². The molecule has 1 aliphatic rings. The summed E-state index contributed by atoms with van der Waals surface area (Å²) in [6.07, 6.45) is 5.71. The van der Waals surface area contributed by atoms with Crippen molar-refractivity contribution in [3.05, 3.63) is 0 Å². The molecule has 0 bridgehead atoms. The van der Waals surface area contributed by atoms with Gasteiger partial charge in [0.05, 0.1) is 12.6 Å². The van der Waals surface area contributed by atoms with Gasteiger partial charge in [0.15, 0.2) is 0 Å². The van der Waals surface area contributed by atoms with Gasteiger partial charge in [-0.2, -0.15) is 0 Å². The molecule has 104 valence electrons. The Hall–Kier alpha value is -1.10. The van der Waals surface area contributed by atoms with E-state index in [0.29, 0.717) is 19.4 Å². The molecule has 1 aliphatic carbocycles. The van der Waals surface area contributed by atoms with Crippen molar-refractivity contribution >= 4 is 11.9 Å². The lowest BCUT2D eigenvalue weighted by Crippen LogP contribution is -2.55. The molecule has 1 fully saturated rings. The number of methoxy groups -OCH3 is 1. The van der Waals surface area contributed by atoms with E-state index in [9.17, 15) is 9.59 Å². The van der Waals surface area contributed by atoms with Gasteiger partial charge in [-0.15, -0.1) is 0 Å². The van der Waals surface area contributed by atoms with Crippen molar-refractivity contribution in [2.45, 2.75) is 50.5 Å². The minimum Gasteiger partial charge on any atom is -0.469 e. The van der Waals surface area contributed by atoms with Crippen LogP contribution in [0, 0.1) is 0 Å². The number of likely N-dealkylation sites (N-methyl/N-ethyl adjacent to an activating group) is 1. The van der Waals surface area contributed by atoms with E-state index in [1.165, 1.54) is 7.11 Å². The molecule has 5 nitrogen and oxygen atoms in total. The number of carbonyl (C=O) groups is 2. The van der Waals surface area contributed by atoms with E-state index < -0.39 is 5.54 Å². The summed E-state index contributed by atoms with van der Waals surface area (Å²) in [7, 11) is 3.12. The topological polar surface area (TPSA) is 72.6 Å². The van der Waals surface area contributed by atoms with Gasteiger partial charge < -0.3 is 15.4 Å². The van der Waals surface area contributed by atoms with Gasteiger partial charge in [-0.1, -0.05) is 19.3 Å². The largest absolute Gasteiger partial charge is 0.469 e. The second kappa shape index (κ2) is 6.73. The van der Waals surface area contributed by atoms with Crippen molar-refractivity contribution in [2.75, 3.05) is 20.7 Å². The molecule has 0 unspecified atom stereocenters. The minimum atomic E-state index is -0.682. The Morgan fingerprint density at radius 2 is 1.89 bits per heavy atom. The lowest BCUT2D eigenvalue weighted by atomic mass is 9.81. The third-order valence-corrected chi connectivity index (χ3v) is 3.62. The number of nitrogens with zero attached hydrogens (tertiary/aromatic N) is 1. The van der Waals surface area contributed by atoms with Crippen molar-refractivity contribution in [2.24, 2.45) is 5.73 Å². The zero-order valence-corrected chi connectivity index (χ0v) is 11.4. The smallest absolute Gasteiger partial charge is 0.305 e. The highest BCUT2D eigenvalue weighted by Gasteiger charge is 2.36. The minimum absolute atomic E-state index is 0.00654. The van der Waals surface area contributed by atoms with Crippen LogP contribution in [-0.2, 0) is 14.3 Å². The predicted molar refractivity (Wildman–Crippen MR) is 68.9 cm³/mol. The quantitative estimate of drug-likeness (QED) is 0.746. The highest BCUT2D eigenvalue weighted by molar-refractivity contribution is 5.86. The number of amides is 1. The average molecular weight is 256 g/mol. The monoisotopic (exact) mass is 256 g/mol. The Kier molecular flexibility index (Phi) is 5.59. The van der Waals surface area contributed by atoms with Crippen LogP contribution in [-0.4, -0.2) is 43.0 Å². The molecular formula is C13H24N2O3. The Balaban J connectivity index is 2.38. The average Bonchev–Trinajstić information content (AvgIpc) is 2.38. The number of esters is 1. The van der Waals surface area contributed by atoms with Crippen LogP contribution in [0.5, 0.6) is 0 Å². The maximum absolute atomic E-state index is 12.2. The SMILES string of the molecule is COC(=O)CCCN(C)C(=O)C1(N)CCCCC1. The summed E-state index contributed by atoms with van der Waals surface area (Å²) in [6.45, 7) is 0.548. The molecule has 1 amide bonds. The van der Waals surface area contributed by atoms with Crippen molar-refractivity contribution in [1.82, 2.24) is 4.90 Å². The highest BCUT2D eigenvalue weighted by atomic mass is 16.5. The van der Waals surface area contributed by atoms with Crippen LogP contribution in [0.15, 0.2) is 0 Å². The van der Waals surface area contributed by atoms with E-state index in [4.69, 9.17) is 5.73 Å². The maximum atomic E-state index is 12.2. The first-order valence-corrected chi connectivity index (χ1v) is 6.61. The van der Waals surface area contributed by atoms with Gasteiger partial charge in [0.25, 0.3) is 0 Å². The molecule has 0 atom stereocenters. The van der Waals surface area contributed by atoms with Crippen molar-refractivity contribution in [3.63, 3.8) is 0 Å². The lowest BCUT2D eigenvalue weighted by molar-refractivity contribution is -0.142. The number of nitrogens with two attached hydrogens (primary N) is 1. The van der Waals surface area contributed by atoms with Gasteiger partial charge in [-0.25, -0.2) is 0 Å². The van der Waals surface area contributed by atoms with Crippen LogP contribution < -0.4 is 5.73 Å². The molecule has 0 heterocycles. The van der Waals surface area contributed by atoms with Crippen LogP contribution >= 0.6 is 0 Å². The zero-order valence-electron chi connectivity index (χ0n) is 11.4. The summed E-state index contributed by atoms with van der Waals surface area (Å²) >= 11 is 0. The number of carbonyl (C=O) groups excluding carboxylic acids is 2. The molecule has 0 radical (unpaired) electrons. The fourth-order valence-electron chi connectivity index (χ4n) is 2.44. The van der Waals surface area contributed by atoms with Crippen molar-refractivity contribution in [3.8, 4) is 0 Å². The van der Waals surface area contributed by atoms with Gasteiger partial charge in [0.2, 0.25) is 5.91 Å². The molecule has 0 aromatic heterocycles. The molecule has 1 saturated carbocycles. The Morgan fingerprint density at radius 1 is 1.28 bits per heavy atom. The van der Waals surface area contributed by atoms with E-state index in [-0.39, 0.29) is 11.9 Å². The van der Waals surface area contributed by atoms with E-state index in [1.807, 2.05) is 0 Å². The van der Waals surface area contributed by atoms with E-state index in [1.54, 1.807) is 11.9 Å². The van der Waals surface area contributed by atoms with E-state index in [0.717, 1.165) is 32.1 Å². The van der Waals surface area contributed by atoms with Crippen LogP contribution in [0.25, 0.3) is 0 Å². The summed E-state index contributed by atoms with van der Waals surface area (Å²) in [6, 6.07) is 0. The molecule has 1 rings (SSSR count). The Bertz CT molecular complexity index is 299. The van der Waals surface area contributed by atoms with Gasteiger partial charge in [-0.3, -0.25) is 9.59 Å². The molecule has 0 spiro atoms. The maximum Gasteiger partial charge on any atom is 0.305 e. The second-order valence-corrected chi connectivity index (χ2v) is 5.12. The van der Waals surface area contributed by atoms with Crippen LogP contribution in [0.1, 0.15) is 44.9 Å². The third-order valence-electron chi connectivity index (χ3n) is 3.62. The number of hydrogen-bond donors (Lipinski definition) is 1. The second-order valence-electron chi connectivity index (χ2n) is 5.12. The first kappa shape index (κ1) is 15.0. The summed E-state index contributed by atoms with van der Waals surface area (Å²) < 4.78 is 4.56. The molecule has 2 N–H and O–H groups in total. The summed E-state index contributed by atoms with van der Waals surface area (Å²) in [5, 5.41) is 0. The number of hydrogen-bond acceptors (Lipinski definition) is 4. The number of rotatable bonds is 5. The van der Waals surface area contributed by atoms with Gasteiger partial charge in [0, 0.05) is 20.0 Å². The third kappa shape index (κ3) is 3.98. The Labute approximate surface area is 109 Å². The lowest BCUT2D eigenvalue weighted by Gasteiger charge is -2.35. The van der Waals surface area contributed by atoms with Gasteiger partial charge in [-0.05, 0) is 19.3 Å².